The number of nitrogens with zero attached hydrogens (tertiary/aromatic N) is 2. The predicted octanol–water partition coefficient (Wildman–Crippen LogP) is 1.27. The van der Waals surface area contributed by atoms with Crippen molar-refractivity contribution < 1.29 is 0 Å². The van der Waals surface area contributed by atoms with Gasteiger partial charge in [-0.3, -0.25) is 0 Å². The minimum Gasteiger partial charge on any atom is -0.329 e. The predicted molar refractivity (Wildman–Crippen MR) is 74.6 cm³/mol. The zero-order valence-corrected chi connectivity index (χ0v) is 11.3. The Kier molecular flexibility index (Phi) is 4.41. The van der Waals surface area contributed by atoms with Crippen molar-refractivity contribution in [3.63, 3.8) is 0 Å². The molecule has 0 radical (unpaired) electrons. The van der Waals surface area contributed by atoms with Crippen molar-refractivity contribution in [1.29, 1.82) is 0 Å². The Morgan fingerprint density at radius 3 is 2.94 bits per heavy atom. The zero-order valence-electron chi connectivity index (χ0n) is 10.5. The van der Waals surface area contributed by atoms with Gasteiger partial charge in [0.2, 0.25) is 0 Å². The van der Waals surface area contributed by atoms with Crippen LogP contribution in [0, 0.1) is 6.92 Å². The quantitative estimate of drug-likeness (QED) is 0.850. The second-order valence-electron chi connectivity index (χ2n) is 4.47. The van der Waals surface area contributed by atoms with Crippen LogP contribution in [0.1, 0.15) is 22.0 Å². The van der Waals surface area contributed by atoms with Gasteiger partial charge in [0.15, 0.2) is 0 Å². The zero-order chi connectivity index (χ0) is 13.0. The third-order valence-electron chi connectivity index (χ3n) is 2.69. The van der Waals surface area contributed by atoms with Crippen molar-refractivity contribution in [1.82, 2.24) is 9.36 Å². The van der Waals surface area contributed by atoms with E-state index in [4.69, 9.17) is 11.5 Å². The van der Waals surface area contributed by atoms with Gasteiger partial charge in [-0.1, -0.05) is 29.8 Å². The van der Waals surface area contributed by atoms with E-state index in [1.165, 1.54) is 22.7 Å². The van der Waals surface area contributed by atoms with Gasteiger partial charge in [0, 0.05) is 25.4 Å². The summed E-state index contributed by atoms with van der Waals surface area (Å²) in [4.78, 5) is 4.49. The summed E-state index contributed by atoms with van der Waals surface area (Å²) in [5, 5.41) is 0.968. The second kappa shape index (κ2) is 6.04. The lowest BCUT2D eigenvalue weighted by Gasteiger charge is -2.03. The van der Waals surface area contributed by atoms with Crippen molar-refractivity contribution in [2.45, 2.75) is 25.8 Å². The molecule has 1 atom stereocenters. The van der Waals surface area contributed by atoms with Gasteiger partial charge < -0.3 is 11.5 Å². The van der Waals surface area contributed by atoms with E-state index in [1.54, 1.807) is 0 Å². The first-order valence-electron chi connectivity index (χ1n) is 6.00. The lowest BCUT2D eigenvalue weighted by molar-refractivity contribution is 0.674. The Hall–Kier alpha value is -1.30. The number of aryl methyl sites for hydroxylation is 1. The van der Waals surface area contributed by atoms with E-state index in [0.717, 1.165) is 17.3 Å². The monoisotopic (exact) mass is 262 g/mol. The van der Waals surface area contributed by atoms with Crippen LogP contribution in [0.3, 0.4) is 0 Å². The fourth-order valence-corrected chi connectivity index (χ4v) is 2.51. The molecule has 1 unspecified atom stereocenters. The van der Waals surface area contributed by atoms with Crippen LogP contribution < -0.4 is 11.5 Å². The van der Waals surface area contributed by atoms with Crippen LogP contribution in [0.2, 0.25) is 0 Å². The number of benzene rings is 1. The number of rotatable bonds is 5. The molecule has 2 rings (SSSR count). The molecule has 0 bridgehead atoms. The molecule has 4 nitrogen and oxygen atoms in total. The third kappa shape index (κ3) is 3.60. The fourth-order valence-electron chi connectivity index (χ4n) is 1.76. The summed E-state index contributed by atoms with van der Waals surface area (Å²) >= 11 is 1.42. The molecule has 0 fully saturated rings. The topological polar surface area (TPSA) is 77.8 Å². The summed E-state index contributed by atoms with van der Waals surface area (Å²) in [6.45, 7) is 2.57. The molecule has 0 amide bonds. The van der Waals surface area contributed by atoms with Crippen LogP contribution in [0.15, 0.2) is 24.3 Å². The molecular weight excluding hydrogens is 244 g/mol. The molecule has 18 heavy (non-hydrogen) atoms. The SMILES string of the molecule is Cc1cccc(Cc2nsc(CC(N)CN)n2)c1. The van der Waals surface area contributed by atoms with E-state index in [-0.39, 0.29) is 6.04 Å². The summed E-state index contributed by atoms with van der Waals surface area (Å²) in [6.07, 6.45) is 1.48. The van der Waals surface area contributed by atoms with E-state index in [9.17, 15) is 0 Å². The Bertz CT molecular complexity index is 509. The molecule has 0 saturated carbocycles. The van der Waals surface area contributed by atoms with E-state index in [0.29, 0.717) is 13.0 Å². The third-order valence-corrected chi connectivity index (χ3v) is 3.47. The fraction of sp³-hybridized carbons (Fsp3) is 0.385. The molecule has 1 aromatic heterocycles. The minimum absolute atomic E-state index is 0.0234. The molecule has 4 N–H and O–H groups in total. The van der Waals surface area contributed by atoms with Crippen LogP contribution in [-0.2, 0) is 12.8 Å². The van der Waals surface area contributed by atoms with Gasteiger partial charge in [0.1, 0.15) is 10.8 Å². The average molecular weight is 262 g/mol. The largest absolute Gasteiger partial charge is 0.329 e. The molecule has 2 aromatic rings. The van der Waals surface area contributed by atoms with Gasteiger partial charge in [0.25, 0.3) is 0 Å². The summed E-state index contributed by atoms with van der Waals surface area (Å²) in [5.41, 5.74) is 13.8. The normalized spacial score (nSPS) is 12.6. The van der Waals surface area contributed by atoms with Crippen molar-refractivity contribution in [2.75, 3.05) is 6.54 Å². The Morgan fingerprint density at radius 2 is 2.22 bits per heavy atom. The number of hydrogen-bond donors (Lipinski definition) is 2. The van der Waals surface area contributed by atoms with Gasteiger partial charge in [-0.2, -0.15) is 4.37 Å². The standard InChI is InChI=1S/C13H18N4S/c1-9-3-2-4-10(5-9)6-12-16-13(18-17-12)7-11(15)8-14/h2-5,11H,6-8,14-15H2,1H3. The first-order valence-corrected chi connectivity index (χ1v) is 6.77. The van der Waals surface area contributed by atoms with Crippen LogP contribution in [0.25, 0.3) is 0 Å². The van der Waals surface area contributed by atoms with Crippen LogP contribution >= 0.6 is 11.5 Å². The minimum atomic E-state index is -0.0234. The van der Waals surface area contributed by atoms with Gasteiger partial charge >= 0.3 is 0 Å². The van der Waals surface area contributed by atoms with Crippen molar-refractivity contribution in [3.05, 3.63) is 46.2 Å². The molecule has 0 aliphatic carbocycles. The van der Waals surface area contributed by atoms with E-state index in [1.807, 2.05) is 0 Å². The molecule has 1 aromatic carbocycles. The summed E-state index contributed by atoms with van der Waals surface area (Å²) in [5.74, 6) is 0.866. The molecule has 0 saturated heterocycles. The van der Waals surface area contributed by atoms with Gasteiger partial charge in [0.05, 0.1) is 0 Å². The Balaban J connectivity index is 2.02. The smallest absolute Gasteiger partial charge is 0.146 e. The first kappa shape index (κ1) is 13.1. The molecule has 0 aliphatic rings. The van der Waals surface area contributed by atoms with E-state index in [2.05, 4.69) is 40.5 Å². The summed E-state index contributed by atoms with van der Waals surface area (Å²) in [6, 6.07) is 8.38. The molecule has 0 spiro atoms. The highest BCUT2D eigenvalue weighted by Gasteiger charge is 2.08. The highest BCUT2D eigenvalue weighted by atomic mass is 32.1. The summed E-state index contributed by atoms with van der Waals surface area (Å²) in [7, 11) is 0. The van der Waals surface area contributed by atoms with Crippen LogP contribution in [0.5, 0.6) is 0 Å². The maximum absolute atomic E-state index is 5.80. The van der Waals surface area contributed by atoms with Crippen molar-refractivity contribution in [3.8, 4) is 0 Å². The molecular formula is C13H18N4S. The lowest BCUT2D eigenvalue weighted by atomic mass is 10.1. The van der Waals surface area contributed by atoms with E-state index >= 15 is 0 Å². The van der Waals surface area contributed by atoms with Crippen molar-refractivity contribution in [2.24, 2.45) is 11.5 Å². The van der Waals surface area contributed by atoms with Gasteiger partial charge in [-0.05, 0) is 24.0 Å². The highest BCUT2D eigenvalue weighted by molar-refractivity contribution is 7.05. The second-order valence-corrected chi connectivity index (χ2v) is 5.31. The van der Waals surface area contributed by atoms with Crippen LogP contribution in [-0.4, -0.2) is 21.9 Å². The number of aromatic nitrogens is 2. The molecule has 5 heteroatoms. The number of nitrogens with two attached hydrogens (primary N) is 2. The molecule has 0 aliphatic heterocycles. The average Bonchev–Trinajstić information content (AvgIpc) is 2.76. The molecule has 96 valence electrons. The van der Waals surface area contributed by atoms with Crippen molar-refractivity contribution >= 4 is 11.5 Å². The summed E-state index contributed by atoms with van der Waals surface area (Å²) < 4.78 is 4.36. The first-order chi connectivity index (χ1) is 8.67. The van der Waals surface area contributed by atoms with E-state index < -0.39 is 0 Å². The van der Waals surface area contributed by atoms with Crippen LogP contribution in [0.4, 0.5) is 0 Å². The highest BCUT2D eigenvalue weighted by Crippen LogP contribution is 2.12. The maximum atomic E-state index is 5.80. The Labute approximate surface area is 111 Å². The maximum Gasteiger partial charge on any atom is 0.146 e. The Morgan fingerprint density at radius 1 is 1.39 bits per heavy atom. The van der Waals surface area contributed by atoms with Gasteiger partial charge in [-0.25, -0.2) is 4.98 Å². The number of hydrogen-bond acceptors (Lipinski definition) is 5. The molecule has 1 heterocycles. The lowest BCUT2D eigenvalue weighted by Crippen LogP contribution is -2.31. The van der Waals surface area contributed by atoms with Gasteiger partial charge in [-0.15, -0.1) is 0 Å².